The number of aromatic nitrogens is 2. The Kier molecular flexibility index (Phi) is 8.43. The lowest BCUT2D eigenvalue weighted by Gasteiger charge is -2.18. The molecule has 0 spiro atoms. The predicted molar refractivity (Wildman–Crippen MR) is 118 cm³/mol. The zero-order valence-corrected chi connectivity index (χ0v) is 19.7. The fraction of sp³-hybridized carbons (Fsp3) is 0.450. The van der Waals surface area contributed by atoms with Gasteiger partial charge in [0.1, 0.15) is 5.82 Å². The highest BCUT2D eigenvalue weighted by atomic mass is 32.2. The minimum Gasteiger partial charge on any atom is -0.463 e. The molecule has 180 valence electrons. The van der Waals surface area contributed by atoms with E-state index < -0.39 is 33.9 Å². The van der Waals surface area contributed by atoms with E-state index in [0.29, 0.717) is 13.1 Å². The molecule has 0 unspecified atom stereocenters. The number of thioether (sulfide) groups is 1. The molecule has 2 heterocycles. The third-order valence-corrected chi connectivity index (χ3v) is 7.03. The first-order valence-electron chi connectivity index (χ1n) is 10.3. The number of nitrogens with zero attached hydrogens (tertiary/aromatic N) is 3. The molecule has 0 amide bonds. The number of anilines is 1. The van der Waals surface area contributed by atoms with Gasteiger partial charge in [-0.15, -0.1) is 0 Å². The summed E-state index contributed by atoms with van der Waals surface area (Å²) in [6.07, 6.45) is 0.508. The molecular weight excluding hydrogens is 478 g/mol. The molecule has 0 radical (unpaired) electrons. The van der Waals surface area contributed by atoms with Gasteiger partial charge in [0.05, 0.1) is 6.61 Å². The number of esters is 1. The van der Waals surface area contributed by atoms with Crippen LogP contribution in [-0.2, 0) is 25.5 Å². The molecule has 1 N–H and O–H groups in total. The van der Waals surface area contributed by atoms with Crippen LogP contribution in [0.15, 0.2) is 29.4 Å². The van der Waals surface area contributed by atoms with Crippen LogP contribution >= 0.6 is 11.8 Å². The van der Waals surface area contributed by atoms with Gasteiger partial charge in [0.15, 0.2) is 22.9 Å². The summed E-state index contributed by atoms with van der Waals surface area (Å²) in [4.78, 5) is 20.2. The van der Waals surface area contributed by atoms with Crippen molar-refractivity contribution in [2.24, 2.45) is 0 Å². The van der Waals surface area contributed by atoms with Gasteiger partial charge in [-0.25, -0.2) is 18.6 Å². The van der Waals surface area contributed by atoms with Crippen LogP contribution in [0, 0.1) is 11.6 Å². The molecule has 33 heavy (non-hydrogen) atoms. The van der Waals surface area contributed by atoms with Crippen LogP contribution in [0.4, 0.5) is 14.6 Å². The van der Waals surface area contributed by atoms with Gasteiger partial charge in [0, 0.05) is 30.5 Å². The van der Waals surface area contributed by atoms with E-state index in [1.807, 2.05) is 0 Å². The van der Waals surface area contributed by atoms with Gasteiger partial charge in [-0.05, 0) is 32.8 Å². The Morgan fingerprint density at radius 2 is 2.00 bits per heavy atom. The number of halogens is 2. The summed E-state index contributed by atoms with van der Waals surface area (Å²) in [5.41, 5.74) is 0.0917. The number of nitrogens with one attached hydrogen (secondary N) is 1. The minimum atomic E-state index is -3.85. The monoisotopic (exact) mass is 502 g/mol. The highest BCUT2D eigenvalue weighted by Crippen LogP contribution is 2.27. The Bertz CT molecular complexity index is 1100. The molecule has 0 saturated carbocycles. The van der Waals surface area contributed by atoms with Gasteiger partial charge in [-0.2, -0.15) is 17.7 Å². The van der Waals surface area contributed by atoms with Crippen molar-refractivity contribution >= 4 is 33.8 Å². The maximum absolute atomic E-state index is 14.0. The molecule has 1 atom stereocenters. The standard InChI is InChI=1S/C20H24F2N4O5S2/c1-3-30-19(27)13(2)31-17-11-16(25-33(28,29)26-9-4-5-10-26)23-20(24-17)32-12-14-7-6-8-15(21)18(14)22/h6-8,11,13H,3-5,9-10,12H2,1-2H3,(H,23,24,25)/t13-/m1/s1. The molecule has 1 saturated heterocycles. The molecule has 1 aromatic carbocycles. The summed E-state index contributed by atoms with van der Waals surface area (Å²) < 4.78 is 66.9. The quantitative estimate of drug-likeness (QED) is 0.300. The van der Waals surface area contributed by atoms with Crippen LogP contribution in [-0.4, -0.2) is 54.5 Å². The maximum atomic E-state index is 14.0. The van der Waals surface area contributed by atoms with E-state index in [1.165, 1.54) is 29.4 Å². The first kappa shape index (κ1) is 25.1. The van der Waals surface area contributed by atoms with Gasteiger partial charge in [-0.3, -0.25) is 4.72 Å². The van der Waals surface area contributed by atoms with Crippen molar-refractivity contribution in [2.45, 2.75) is 43.7 Å². The summed E-state index contributed by atoms with van der Waals surface area (Å²) in [5, 5.41) is 0.0475. The Morgan fingerprint density at radius 1 is 1.27 bits per heavy atom. The largest absolute Gasteiger partial charge is 0.463 e. The maximum Gasteiger partial charge on any atom is 0.347 e. The predicted octanol–water partition coefficient (Wildman–Crippen LogP) is 3.13. The molecule has 1 fully saturated rings. The number of hydrogen-bond donors (Lipinski definition) is 1. The summed E-state index contributed by atoms with van der Waals surface area (Å²) in [5.74, 6) is -2.75. The van der Waals surface area contributed by atoms with Gasteiger partial charge < -0.3 is 9.47 Å². The Hall–Kier alpha value is -2.51. The summed E-state index contributed by atoms with van der Waals surface area (Å²) in [7, 11) is -3.85. The molecule has 0 aliphatic carbocycles. The van der Waals surface area contributed by atoms with E-state index in [0.717, 1.165) is 30.7 Å². The molecule has 13 heteroatoms. The zero-order chi connectivity index (χ0) is 24.0. The van der Waals surface area contributed by atoms with E-state index >= 15 is 0 Å². The van der Waals surface area contributed by atoms with E-state index in [1.54, 1.807) is 6.92 Å². The Morgan fingerprint density at radius 3 is 2.70 bits per heavy atom. The molecule has 1 aliphatic heterocycles. The molecule has 2 aromatic rings. The number of hydrogen-bond acceptors (Lipinski definition) is 8. The second-order valence-electron chi connectivity index (χ2n) is 7.10. The fourth-order valence-corrected chi connectivity index (χ4v) is 5.06. The lowest BCUT2D eigenvalue weighted by Crippen LogP contribution is -2.33. The molecule has 0 bridgehead atoms. The van der Waals surface area contributed by atoms with Gasteiger partial charge in [-0.1, -0.05) is 23.9 Å². The van der Waals surface area contributed by atoms with Crippen molar-refractivity contribution in [3.8, 4) is 5.88 Å². The van der Waals surface area contributed by atoms with Crippen molar-refractivity contribution in [2.75, 3.05) is 24.4 Å². The normalized spacial score (nSPS) is 15.3. The van der Waals surface area contributed by atoms with Crippen LogP contribution < -0.4 is 9.46 Å². The molecule has 3 rings (SSSR count). The minimum absolute atomic E-state index is 0.0151. The first-order chi connectivity index (χ1) is 15.7. The first-order valence-corrected chi connectivity index (χ1v) is 12.7. The van der Waals surface area contributed by atoms with Gasteiger partial charge >= 0.3 is 16.2 Å². The van der Waals surface area contributed by atoms with Crippen LogP contribution in [0.1, 0.15) is 32.3 Å². The van der Waals surface area contributed by atoms with Crippen molar-refractivity contribution in [3.63, 3.8) is 0 Å². The van der Waals surface area contributed by atoms with Gasteiger partial charge in [0.25, 0.3) is 0 Å². The Balaban J connectivity index is 1.84. The SMILES string of the molecule is CCOC(=O)[C@@H](C)Oc1cc(NS(=O)(=O)N2CCCC2)nc(SCc2cccc(F)c2F)n1. The lowest BCUT2D eigenvalue weighted by molar-refractivity contribution is -0.150. The fourth-order valence-electron chi connectivity index (χ4n) is 3.00. The number of carbonyl (C=O) groups excluding carboxylic acids is 1. The molecule has 1 aromatic heterocycles. The number of carbonyl (C=O) groups is 1. The van der Waals surface area contributed by atoms with E-state index in [9.17, 15) is 22.0 Å². The lowest BCUT2D eigenvalue weighted by atomic mass is 10.2. The van der Waals surface area contributed by atoms with Crippen LogP contribution in [0.25, 0.3) is 0 Å². The zero-order valence-electron chi connectivity index (χ0n) is 18.1. The highest BCUT2D eigenvalue weighted by Gasteiger charge is 2.26. The number of ether oxygens (including phenoxy) is 2. The van der Waals surface area contributed by atoms with E-state index in [2.05, 4.69) is 14.7 Å². The summed E-state index contributed by atoms with van der Waals surface area (Å²) in [6, 6.07) is 5.06. The van der Waals surface area contributed by atoms with Gasteiger partial charge in [0.2, 0.25) is 5.88 Å². The number of rotatable bonds is 10. The van der Waals surface area contributed by atoms with E-state index in [4.69, 9.17) is 9.47 Å². The number of benzene rings is 1. The Labute approximate surface area is 195 Å². The second kappa shape index (κ2) is 11.1. The van der Waals surface area contributed by atoms with Crippen LogP contribution in [0.2, 0.25) is 0 Å². The third-order valence-electron chi connectivity index (χ3n) is 4.63. The average Bonchev–Trinajstić information content (AvgIpc) is 3.30. The highest BCUT2D eigenvalue weighted by molar-refractivity contribution is 7.98. The van der Waals surface area contributed by atoms with Crippen molar-refractivity contribution in [1.29, 1.82) is 0 Å². The smallest absolute Gasteiger partial charge is 0.347 e. The van der Waals surface area contributed by atoms with Crippen molar-refractivity contribution < 1.29 is 31.5 Å². The van der Waals surface area contributed by atoms with Crippen LogP contribution in [0.3, 0.4) is 0 Å². The van der Waals surface area contributed by atoms with Crippen molar-refractivity contribution in [1.82, 2.24) is 14.3 Å². The summed E-state index contributed by atoms with van der Waals surface area (Å²) >= 11 is 0.955. The summed E-state index contributed by atoms with van der Waals surface area (Å²) in [6.45, 7) is 4.07. The third kappa shape index (κ3) is 6.74. The van der Waals surface area contributed by atoms with Crippen molar-refractivity contribution in [3.05, 3.63) is 41.5 Å². The van der Waals surface area contributed by atoms with E-state index in [-0.39, 0.29) is 34.8 Å². The molecule has 1 aliphatic rings. The van der Waals surface area contributed by atoms with Crippen LogP contribution in [0.5, 0.6) is 5.88 Å². The molecule has 9 nitrogen and oxygen atoms in total. The average molecular weight is 503 g/mol. The topological polar surface area (TPSA) is 111 Å². The second-order valence-corrected chi connectivity index (χ2v) is 9.71. The molecular formula is C20H24F2N4O5S2.